The van der Waals surface area contributed by atoms with Crippen LogP contribution in [0, 0.1) is 0 Å². The number of aromatic nitrogens is 2. The van der Waals surface area contributed by atoms with E-state index in [1.54, 1.807) is 12.5 Å². The van der Waals surface area contributed by atoms with Crippen molar-refractivity contribution in [3.05, 3.63) is 18.2 Å². The first-order chi connectivity index (χ1) is 6.74. The molecule has 0 amide bonds. The first-order valence-electron chi connectivity index (χ1n) is 4.57. The van der Waals surface area contributed by atoms with Crippen molar-refractivity contribution >= 4 is 17.7 Å². The minimum absolute atomic E-state index is 0.119. The van der Waals surface area contributed by atoms with Gasteiger partial charge < -0.3 is 9.67 Å². The molecular weight excluding hydrogens is 200 g/mol. The van der Waals surface area contributed by atoms with Gasteiger partial charge in [0.2, 0.25) is 0 Å². The lowest BCUT2D eigenvalue weighted by molar-refractivity contribution is 0.0691. The second-order valence-corrected chi connectivity index (χ2v) is 4.25. The van der Waals surface area contributed by atoms with E-state index in [0.29, 0.717) is 0 Å². The van der Waals surface area contributed by atoms with Crippen molar-refractivity contribution in [3.63, 3.8) is 0 Å². The highest BCUT2D eigenvalue weighted by Crippen LogP contribution is 2.03. The Bertz CT molecular complexity index is 299. The number of aromatic carboxylic acids is 1. The van der Waals surface area contributed by atoms with Crippen LogP contribution in [0.5, 0.6) is 0 Å². The highest BCUT2D eigenvalue weighted by Gasteiger charge is 2.05. The summed E-state index contributed by atoms with van der Waals surface area (Å²) in [5, 5.41) is 8.63. The lowest BCUT2D eigenvalue weighted by Crippen LogP contribution is -1.98. The maximum Gasteiger partial charge on any atom is 0.356 e. The Morgan fingerprint density at radius 1 is 1.71 bits per heavy atom. The molecule has 0 saturated heterocycles. The van der Waals surface area contributed by atoms with Crippen LogP contribution >= 0.6 is 11.8 Å². The predicted molar refractivity (Wildman–Crippen MR) is 56.8 cm³/mol. The van der Waals surface area contributed by atoms with Crippen molar-refractivity contribution < 1.29 is 9.90 Å². The molecule has 0 spiro atoms. The maximum atomic E-state index is 10.5. The summed E-state index contributed by atoms with van der Waals surface area (Å²) in [5.74, 6) is 1.27. The van der Waals surface area contributed by atoms with E-state index in [1.807, 2.05) is 16.3 Å². The lowest BCUT2D eigenvalue weighted by atomic mass is 10.4. The predicted octanol–water partition coefficient (Wildman–Crippen LogP) is 1.72. The molecule has 0 fully saturated rings. The van der Waals surface area contributed by atoms with Crippen LogP contribution in [-0.2, 0) is 6.54 Å². The molecule has 0 aromatic carbocycles. The van der Waals surface area contributed by atoms with Crippen molar-refractivity contribution in [2.24, 2.45) is 0 Å². The van der Waals surface area contributed by atoms with Crippen molar-refractivity contribution in [3.8, 4) is 0 Å². The molecule has 0 aliphatic heterocycles. The summed E-state index contributed by atoms with van der Waals surface area (Å²) in [5.41, 5.74) is 0.119. The van der Waals surface area contributed by atoms with Gasteiger partial charge in [-0.3, -0.25) is 0 Å². The van der Waals surface area contributed by atoms with Crippen LogP contribution in [0.25, 0.3) is 0 Å². The fourth-order valence-electron chi connectivity index (χ4n) is 1.09. The summed E-state index contributed by atoms with van der Waals surface area (Å²) in [6, 6.07) is 0. The molecule has 1 aromatic heterocycles. The number of hydrogen-bond donors (Lipinski definition) is 1. The van der Waals surface area contributed by atoms with Gasteiger partial charge in [-0.05, 0) is 17.9 Å². The smallest absolute Gasteiger partial charge is 0.356 e. The quantitative estimate of drug-likeness (QED) is 0.733. The minimum Gasteiger partial charge on any atom is -0.476 e. The van der Waals surface area contributed by atoms with E-state index in [1.165, 1.54) is 0 Å². The average Bonchev–Trinajstić information content (AvgIpc) is 2.61. The SMILES string of the molecule is CCSCCCn1cnc(C(=O)O)c1. The van der Waals surface area contributed by atoms with Crippen LogP contribution in [0.15, 0.2) is 12.5 Å². The monoisotopic (exact) mass is 214 g/mol. The molecule has 1 rings (SSSR count). The third-order valence-corrected chi connectivity index (χ3v) is 2.75. The summed E-state index contributed by atoms with van der Waals surface area (Å²) in [7, 11) is 0. The van der Waals surface area contributed by atoms with E-state index in [4.69, 9.17) is 5.11 Å². The molecule has 1 N–H and O–H groups in total. The van der Waals surface area contributed by atoms with Gasteiger partial charge in [0.25, 0.3) is 0 Å². The molecule has 0 saturated carbocycles. The number of carbonyl (C=O) groups is 1. The number of imidazole rings is 1. The largest absolute Gasteiger partial charge is 0.476 e. The number of rotatable bonds is 6. The molecule has 0 aliphatic carbocycles. The van der Waals surface area contributed by atoms with Crippen LogP contribution in [0.2, 0.25) is 0 Å². The van der Waals surface area contributed by atoms with Crippen molar-refractivity contribution in [1.82, 2.24) is 9.55 Å². The zero-order valence-corrected chi connectivity index (χ0v) is 8.96. The second kappa shape index (κ2) is 5.70. The van der Waals surface area contributed by atoms with Gasteiger partial charge in [-0.15, -0.1) is 0 Å². The molecule has 14 heavy (non-hydrogen) atoms. The lowest BCUT2D eigenvalue weighted by Gasteiger charge is -2.00. The number of carboxylic acids is 1. The van der Waals surface area contributed by atoms with E-state index in [2.05, 4.69) is 11.9 Å². The van der Waals surface area contributed by atoms with E-state index in [9.17, 15) is 4.79 Å². The van der Waals surface area contributed by atoms with E-state index < -0.39 is 5.97 Å². The fraction of sp³-hybridized carbons (Fsp3) is 0.556. The Morgan fingerprint density at radius 3 is 3.07 bits per heavy atom. The molecule has 4 nitrogen and oxygen atoms in total. The minimum atomic E-state index is -0.966. The fourth-order valence-corrected chi connectivity index (χ4v) is 1.71. The summed E-state index contributed by atoms with van der Waals surface area (Å²) in [6.45, 7) is 2.97. The molecule has 5 heteroatoms. The maximum absolute atomic E-state index is 10.5. The Labute approximate surface area is 87.3 Å². The third kappa shape index (κ3) is 3.41. The van der Waals surface area contributed by atoms with Crippen LogP contribution < -0.4 is 0 Å². The van der Waals surface area contributed by atoms with Gasteiger partial charge >= 0.3 is 5.97 Å². The molecular formula is C9H14N2O2S. The first kappa shape index (κ1) is 11.1. The van der Waals surface area contributed by atoms with Gasteiger partial charge in [0.15, 0.2) is 5.69 Å². The molecule has 1 aromatic rings. The van der Waals surface area contributed by atoms with Crippen molar-refractivity contribution in [2.75, 3.05) is 11.5 Å². The molecule has 0 unspecified atom stereocenters. The Kier molecular flexibility index (Phi) is 4.52. The van der Waals surface area contributed by atoms with Crippen molar-refractivity contribution in [2.45, 2.75) is 19.9 Å². The Morgan fingerprint density at radius 2 is 2.50 bits per heavy atom. The van der Waals surface area contributed by atoms with Crippen LogP contribution in [0.1, 0.15) is 23.8 Å². The number of aryl methyl sites for hydroxylation is 1. The topological polar surface area (TPSA) is 55.1 Å². The van der Waals surface area contributed by atoms with Crippen LogP contribution in [-0.4, -0.2) is 32.1 Å². The van der Waals surface area contributed by atoms with Gasteiger partial charge in [0.1, 0.15) is 0 Å². The normalized spacial score (nSPS) is 10.4. The Hall–Kier alpha value is -0.970. The third-order valence-electron chi connectivity index (χ3n) is 1.76. The molecule has 1 heterocycles. The zero-order chi connectivity index (χ0) is 10.4. The molecule has 0 aliphatic rings. The van der Waals surface area contributed by atoms with Crippen molar-refractivity contribution in [1.29, 1.82) is 0 Å². The van der Waals surface area contributed by atoms with Gasteiger partial charge in [0.05, 0.1) is 6.33 Å². The number of thioether (sulfide) groups is 1. The zero-order valence-electron chi connectivity index (χ0n) is 8.14. The van der Waals surface area contributed by atoms with Gasteiger partial charge in [-0.25, -0.2) is 9.78 Å². The average molecular weight is 214 g/mol. The van der Waals surface area contributed by atoms with Crippen LogP contribution in [0.3, 0.4) is 0 Å². The number of carboxylic acid groups (broad SMARTS) is 1. The molecule has 0 radical (unpaired) electrons. The summed E-state index contributed by atoms with van der Waals surface area (Å²) >= 11 is 1.89. The standard InChI is InChI=1S/C9H14N2O2S/c1-2-14-5-3-4-11-6-8(9(12)13)10-7-11/h6-7H,2-5H2,1H3,(H,12,13). The molecule has 0 atom stereocenters. The number of hydrogen-bond acceptors (Lipinski definition) is 3. The van der Waals surface area contributed by atoms with Gasteiger partial charge in [-0.2, -0.15) is 11.8 Å². The Balaban J connectivity index is 2.33. The van der Waals surface area contributed by atoms with E-state index in [-0.39, 0.29) is 5.69 Å². The van der Waals surface area contributed by atoms with E-state index >= 15 is 0 Å². The summed E-state index contributed by atoms with van der Waals surface area (Å²) in [6.07, 6.45) is 4.19. The summed E-state index contributed by atoms with van der Waals surface area (Å²) in [4.78, 5) is 14.3. The molecule has 78 valence electrons. The highest BCUT2D eigenvalue weighted by molar-refractivity contribution is 7.99. The van der Waals surface area contributed by atoms with Crippen LogP contribution in [0.4, 0.5) is 0 Å². The van der Waals surface area contributed by atoms with E-state index in [0.717, 1.165) is 24.5 Å². The summed E-state index contributed by atoms with van der Waals surface area (Å²) < 4.78 is 1.82. The highest BCUT2D eigenvalue weighted by atomic mass is 32.2. The van der Waals surface area contributed by atoms with Gasteiger partial charge in [0, 0.05) is 12.7 Å². The second-order valence-electron chi connectivity index (χ2n) is 2.85. The number of nitrogens with zero attached hydrogens (tertiary/aromatic N) is 2. The van der Waals surface area contributed by atoms with Gasteiger partial charge in [-0.1, -0.05) is 6.92 Å². The molecule has 0 bridgehead atoms. The first-order valence-corrected chi connectivity index (χ1v) is 5.72.